The van der Waals surface area contributed by atoms with Crippen molar-refractivity contribution in [2.45, 2.75) is 52.0 Å². The van der Waals surface area contributed by atoms with Crippen LogP contribution in [-0.4, -0.2) is 25.8 Å². The fraction of sp³-hybridized carbons (Fsp3) is 0.667. The summed E-state index contributed by atoms with van der Waals surface area (Å²) in [7, 11) is 0. The van der Waals surface area contributed by atoms with Crippen LogP contribution in [0.4, 0.5) is 0 Å². The van der Waals surface area contributed by atoms with E-state index in [0.717, 1.165) is 18.0 Å². The van der Waals surface area contributed by atoms with Gasteiger partial charge in [0.25, 0.3) is 0 Å². The zero-order chi connectivity index (χ0) is 14.9. The van der Waals surface area contributed by atoms with Crippen LogP contribution in [0.25, 0.3) is 0 Å². The standard InChI is InChI=1S/C18H27NO2/c1-4-8-19-17-12-14(18(17,3)5-2)13-6-7-15-16(11-13)21-10-9-20-15/h6-7,11,14,17,19H,4-5,8-10,12H2,1-3H3. The Bertz CT molecular complexity index is 502. The molecule has 1 aromatic rings. The minimum atomic E-state index is 0.346. The van der Waals surface area contributed by atoms with Crippen LogP contribution in [0.15, 0.2) is 18.2 Å². The number of rotatable bonds is 5. The van der Waals surface area contributed by atoms with Crippen molar-refractivity contribution in [2.24, 2.45) is 5.41 Å². The molecule has 0 radical (unpaired) electrons. The van der Waals surface area contributed by atoms with Crippen molar-refractivity contribution in [1.29, 1.82) is 0 Å². The van der Waals surface area contributed by atoms with Gasteiger partial charge in [0, 0.05) is 6.04 Å². The summed E-state index contributed by atoms with van der Waals surface area (Å²) in [6.45, 7) is 9.40. The highest BCUT2D eigenvalue weighted by Gasteiger charge is 2.50. The number of ether oxygens (including phenoxy) is 2. The number of hydrogen-bond donors (Lipinski definition) is 1. The van der Waals surface area contributed by atoms with Gasteiger partial charge in [0.05, 0.1) is 0 Å². The van der Waals surface area contributed by atoms with Gasteiger partial charge in [-0.05, 0) is 54.8 Å². The lowest BCUT2D eigenvalue weighted by Gasteiger charge is -2.55. The molecular weight excluding hydrogens is 262 g/mol. The summed E-state index contributed by atoms with van der Waals surface area (Å²) >= 11 is 0. The van der Waals surface area contributed by atoms with E-state index in [-0.39, 0.29) is 0 Å². The van der Waals surface area contributed by atoms with Crippen LogP contribution in [0.2, 0.25) is 0 Å². The highest BCUT2D eigenvalue weighted by Crippen LogP contribution is 2.55. The Kier molecular flexibility index (Phi) is 4.12. The Labute approximate surface area is 128 Å². The number of hydrogen-bond acceptors (Lipinski definition) is 3. The topological polar surface area (TPSA) is 30.5 Å². The Balaban J connectivity index is 1.78. The molecule has 1 fully saturated rings. The van der Waals surface area contributed by atoms with Crippen molar-refractivity contribution in [3.05, 3.63) is 23.8 Å². The zero-order valence-corrected chi connectivity index (χ0v) is 13.4. The fourth-order valence-electron chi connectivity index (χ4n) is 3.78. The monoisotopic (exact) mass is 289 g/mol. The van der Waals surface area contributed by atoms with Crippen LogP contribution >= 0.6 is 0 Å². The van der Waals surface area contributed by atoms with E-state index in [0.29, 0.717) is 30.6 Å². The van der Waals surface area contributed by atoms with E-state index < -0.39 is 0 Å². The third-order valence-corrected chi connectivity index (χ3v) is 5.43. The van der Waals surface area contributed by atoms with E-state index in [1.54, 1.807) is 0 Å². The highest BCUT2D eigenvalue weighted by atomic mass is 16.6. The minimum absolute atomic E-state index is 0.346. The van der Waals surface area contributed by atoms with Crippen LogP contribution in [0.1, 0.15) is 51.5 Å². The predicted molar refractivity (Wildman–Crippen MR) is 85.3 cm³/mol. The number of nitrogens with one attached hydrogen (secondary N) is 1. The average molecular weight is 289 g/mol. The van der Waals surface area contributed by atoms with Crippen LogP contribution in [0.5, 0.6) is 11.5 Å². The summed E-state index contributed by atoms with van der Waals surface area (Å²) in [5.74, 6) is 2.43. The van der Waals surface area contributed by atoms with E-state index >= 15 is 0 Å². The first kappa shape index (κ1) is 14.7. The van der Waals surface area contributed by atoms with E-state index in [2.05, 4.69) is 44.3 Å². The summed E-state index contributed by atoms with van der Waals surface area (Å²) in [6, 6.07) is 7.14. The normalized spacial score (nSPS) is 30.8. The maximum absolute atomic E-state index is 5.74. The highest BCUT2D eigenvalue weighted by molar-refractivity contribution is 5.46. The average Bonchev–Trinajstić information content (AvgIpc) is 2.53. The third-order valence-electron chi connectivity index (χ3n) is 5.43. The molecule has 1 aromatic carbocycles. The summed E-state index contributed by atoms with van der Waals surface area (Å²) in [5.41, 5.74) is 1.75. The summed E-state index contributed by atoms with van der Waals surface area (Å²) in [6.07, 6.45) is 3.63. The molecule has 21 heavy (non-hydrogen) atoms. The van der Waals surface area contributed by atoms with Crippen molar-refractivity contribution in [2.75, 3.05) is 19.8 Å². The Morgan fingerprint density at radius 2 is 1.95 bits per heavy atom. The van der Waals surface area contributed by atoms with Gasteiger partial charge in [-0.25, -0.2) is 0 Å². The van der Waals surface area contributed by atoms with Crippen molar-refractivity contribution in [1.82, 2.24) is 5.32 Å². The quantitative estimate of drug-likeness (QED) is 0.896. The van der Waals surface area contributed by atoms with Crippen LogP contribution < -0.4 is 14.8 Å². The first-order valence-electron chi connectivity index (χ1n) is 8.32. The zero-order valence-electron chi connectivity index (χ0n) is 13.4. The second-order valence-corrected chi connectivity index (χ2v) is 6.56. The minimum Gasteiger partial charge on any atom is -0.486 e. The van der Waals surface area contributed by atoms with Gasteiger partial charge in [-0.2, -0.15) is 0 Å². The molecule has 0 bridgehead atoms. The Morgan fingerprint density at radius 1 is 1.19 bits per heavy atom. The molecule has 1 saturated carbocycles. The van der Waals surface area contributed by atoms with Crippen molar-refractivity contribution < 1.29 is 9.47 Å². The smallest absolute Gasteiger partial charge is 0.161 e. The predicted octanol–water partition coefficient (Wildman–Crippen LogP) is 3.73. The maximum Gasteiger partial charge on any atom is 0.161 e. The molecule has 2 aliphatic rings. The summed E-state index contributed by atoms with van der Waals surface area (Å²) in [5, 5.41) is 3.72. The van der Waals surface area contributed by atoms with Crippen molar-refractivity contribution in [3.63, 3.8) is 0 Å². The molecule has 1 N–H and O–H groups in total. The molecule has 1 aliphatic heterocycles. The van der Waals surface area contributed by atoms with Gasteiger partial charge in [-0.3, -0.25) is 0 Å². The lowest BCUT2D eigenvalue weighted by Crippen LogP contribution is -2.56. The SMILES string of the molecule is CCCNC1CC(c2ccc3c(c2)OCCO3)C1(C)CC. The van der Waals surface area contributed by atoms with E-state index in [9.17, 15) is 0 Å². The largest absolute Gasteiger partial charge is 0.486 e. The maximum atomic E-state index is 5.74. The molecule has 0 aromatic heterocycles. The number of fused-ring (bicyclic) bond motifs is 1. The van der Waals surface area contributed by atoms with E-state index in [1.807, 2.05) is 0 Å². The molecule has 3 atom stereocenters. The molecule has 1 aliphatic carbocycles. The van der Waals surface area contributed by atoms with Crippen LogP contribution in [0, 0.1) is 5.41 Å². The second-order valence-electron chi connectivity index (χ2n) is 6.56. The summed E-state index contributed by atoms with van der Waals surface area (Å²) < 4.78 is 11.4. The molecule has 116 valence electrons. The molecule has 0 spiro atoms. The lowest BCUT2D eigenvalue weighted by atomic mass is 9.54. The fourth-order valence-corrected chi connectivity index (χ4v) is 3.78. The van der Waals surface area contributed by atoms with Gasteiger partial charge in [-0.1, -0.05) is 26.8 Å². The third kappa shape index (κ3) is 2.52. The molecular formula is C18H27NO2. The number of benzene rings is 1. The molecule has 3 unspecified atom stereocenters. The van der Waals surface area contributed by atoms with Gasteiger partial charge in [-0.15, -0.1) is 0 Å². The molecule has 3 heteroatoms. The van der Waals surface area contributed by atoms with Gasteiger partial charge in [0.1, 0.15) is 13.2 Å². The molecule has 1 heterocycles. The molecule has 3 rings (SSSR count). The lowest BCUT2D eigenvalue weighted by molar-refractivity contribution is 0.0442. The Hall–Kier alpha value is -1.22. The van der Waals surface area contributed by atoms with Gasteiger partial charge < -0.3 is 14.8 Å². The van der Waals surface area contributed by atoms with Crippen molar-refractivity contribution in [3.8, 4) is 11.5 Å². The molecule has 0 amide bonds. The second kappa shape index (κ2) is 5.88. The molecule has 3 nitrogen and oxygen atoms in total. The van der Waals surface area contributed by atoms with Crippen LogP contribution in [-0.2, 0) is 0 Å². The summed E-state index contributed by atoms with van der Waals surface area (Å²) in [4.78, 5) is 0. The van der Waals surface area contributed by atoms with Crippen LogP contribution in [0.3, 0.4) is 0 Å². The van der Waals surface area contributed by atoms with Gasteiger partial charge in [0.15, 0.2) is 11.5 Å². The molecule has 0 saturated heterocycles. The van der Waals surface area contributed by atoms with Gasteiger partial charge >= 0.3 is 0 Å². The van der Waals surface area contributed by atoms with Crippen molar-refractivity contribution >= 4 is 0 Å². The first-order valence-corrected chi connectivity index (χ1v) is 8.32. The van der Waals surface area contributed by atoms with Gasteiger partial charge in [0.2, 0.25) is 0 Å². The Morgan fingerprint density at radius 3 is 2.67 bits per heavy atom. The van der Waals surface area contributed by atoms with E-state index in [1.165, 1.54) is 24.8 Å². The first-order chi connectivity index (χ1) is 10.2. The van der Waals surface area contributed by atoms with E-state index in [4.69, 9.17) is 9.47 Å².